The molecular formula is C11H11BrN2S2. The summed E-state index contributed by atoms with van der Waals surface area (Å²) in [5, 5.41) is 0.647. The van der Waals surface area contributed by atoms with Crippen molar-refractivity contribution in [2.75, 3.05) is 5.73 Å². The van der Waals surface area contributed by atoms with Gasteiger partial charge >= 0.3 is 0 Å². The molecule has 1 aromatic heterocycles. The number of aromatic nitrogens is 1. The number of rotatable bonds is 3. The van der Waals surface area contributed by atoms with Crippen LogP contribution in [0.3, 0.4) is 0 Å². The molecule has 5 heteroatoms. The van der Waals surface area contributed by atoms with Gasteiger partial charge in [0.2, 0.25) is 0 Å². The monoisotopic (exact) mass is 314 g/mol. The zero-order valence-electron chi connectivity index (χ0n) is 8.74. The molecule has 0 fully saturated rings. The molecule has 84 valence electrons. The van der Waals surface area contributed by atoms with Gasteiger partial charge in [-0.25, -0.2) is 4.98 Å². The van der Waals surface area contributed by atoms with Crippen molar-refractivity contribution in [1.82, 2.24) is 4.98 Å². The van der Waals surface area contributed by atoms with Gasteiger partial charge in [-0.1, -0.05) is 39.4 Å². The van der Waals surface area contributed by atoms with E-state index in [9.17, 15) is 0 Å². The molecule has 0 unspecified atom stereocenters. The van der Waals surface area contributed by atoms with Crippen molar-refractivity contribution in [1.29, 1.82) is 0 Å². The van der Waals surface area contributed by atoms with Crippen molar-refractivity contribution in [3.8, 4) is 0 Å². The standard InChI is InChI=1S/C11H11BrN2S2/c1-7-10(16-11(13)14-7)15-6-8-3-2-4-9(12)5-8/h2-5H,6H2,1H3,(H2,13,14). The van der Waals surface area contributed by atoms with Crippen LogP contribution in [0.4, 0.5) is 5.13 Å². The molecule has 0 aliphatic heterocycles. The van der Waals surface area contributed by atoms with Gasteiger partial charge in [0.1, 0.15) is 0 Å². The number of nitrogens with two attached hydrogens (primary N) is 1. The summed E-state index contributed by atoms with van der Waals surface area (Å²) in [7, 11) is 0. The number of benzene rings is 1. The molecular weight excluding hydrogens is 304 g/mol. The predicted octanol–water partition coefficient (Wildman–Crippen LogP) is 4.09. The molecule has 16 heavy (non-hydrogen) atoms. The first-order valence-electron chi connectivity index (χ1n) is 4.75. The number of halogens is 1. The Morgan fingerprint density at radius 3 is 2.94 bits per heavy atom. The van der Waals surface area contributed by atoms with Crippen molar-refractivity contribution in [3.05, 3.63) is 40.0 Å². The van der Waals surface area contributed by atoms with Gasteiger partial charge in [0.25, 0.3) is 0 Å². The highest BCUT2D eigenvalue weighted by atomic mass is 79.9. The van der Waals surface area contributed by atoms with Crippen LogP contribution in [0.1, 0.15) is 11.3 Å². The number of nitrogen functional groups attached to an aromatic ring is 1. The molecule has 2 nitrogen and oxygen atoms in total. The van der Waals surface area contributed by atoms with E-state index >= 15 is 0 Å². The van der Waals surface area contributed by atoms with E-state index in [1.54, 1.807) is 23.1 Å². The molecule has 0 spiro atoms. The average molecular weight is 315 g/mol. The van der Waals surface area contributed by atoms with E-state index in [-0.39, 0.29) is 0 Å². The summed E-state index contributed by atoms with van der Waals surface area (Å²) in [4.78, 5) is 4.21. The van der Waals surface area contributed by atoms with Crippen LogP contribution < -0.4 is 5.73 Å². The summed E-state index contributed by atoms with van der Waals surface area (Å²) < 4.78 is 2.32. The van der Waals surface area contributed by atoms with Crippen LogP contribution in [0.15, 0.2) is 32.9 Å². The number of thioether (sulfide) groups is 1. The largest absolute Gasteiger partial charge is 0.375 e. The lowest BCUT2D eigenvalue weighted by atomic mass is 10.2. The summed E-state index contributed by atoms with van der Waals surface area (Å²) >= 11 is 6.81. The molecule has 1 heterocycles. The van der Waals surface area contributed by atoms with E-state index < -0.39 is 0 Å². The minimum atomic E-state index is 0.647. The Morgan fingerprint density at radius 2 is 2.31 bits per heavy atom. The topological polar surface area (TPSA) is 38.9 Å². The summed E-state index contributed by atoms with van der Waals surface area (Å²) in [6, 6.07) is 8.34. The maximum atomic E-state index is 5.66. The number of hydrogen-bond donors (Lipinski definition) is 1. The van der Waals surface area contributed by atoms with Gasteiger partial charge in [-0.2, -0.15) is 0 Å². The molecule has 0 bridgehead atoms. The molecule has 0 aliphatic carbocycles. The minimum absolute atomic E-state index is 0.647. The van der Waals surface area contributed by atoms with Crippen LogP contribution in [-0.2, 0) is 5.75 Å². The first-order chi connectivity index (χ1) is 7.65. The third kappa shape index (κ3) is 2.99. The third-order valence-electron chi connectivity index (χ3n) is 2.03. The fraction of sp³-hybridized carbons (Fsp3) is 0.182. The molecule has 0 radical (unpaired) electrons. The van der Waals surface area contributed by atoms with Gasteiger partial charge in [0.15, 0.2) is 5.13 Å². The van der Waals surface area contributed by atoms with Gasteiger partial charge in [0, 0.05) is 10.2 Å². The van der Waals surface area contributed by atoms with Crippen molar-refractivity contribution in [2.45, 2.75) is 16.9 Å². The maximum Gasteiger partial charge on any atom is 0.181 e. The minimum Gasteiger partial charge on any atom is -0.375 e. The summed E-state index contributed by atoms with van der Waals surface area (Å²) in [6.07, 6.45) is 0. The van der Waals surface area contributed by atoms with Crippen molar-refractivity contribution >= 4 is 44.2 Å². The van der Waals surface area contributed by atoms with Gasteiger partial charge in [0.05, 0.1) is 9.90 Å². The van der Waals surface area contributed by atoms with Crippen molar-refractivity contribution < 1.29 is 0 Å². The highest BCUT2D eigenvalue weighted by molar-refractivity contribution is 9.10. The Morgan fingerprint density at radius 1 is 1.50 bits per heavy atom. The second-order valence-corrected chi connectivity index (χ2v) is 6.53. The molecule has 0 amide bonds. The highest BCUT2D eigenvalue weighted by Gasteiger charge is 2.06. The van der Waals surface area contributed by atoms with E-state index in [1.807, 2.05) is 19.1 Å². The lowest BCUT2D eigenvalue weighted by Crippen LogP contribution is -1.81. The number of aryl methyl sites for hydroxylation is 1. The lowest BCUT2D eigenvalue weighted by Gasteiger charge is -2.00. The molecule has 2 N–H and O–H groups in total. The van der Waals surface area contributed by atoms with Gasteiger partial charge in [-0.15, -0.1) is 11.8 Å². The molecule has 0 saturated carbocycles. The van der Waals surface area contributed by atoms with Crippen LogP contribution in [0, 0.1) is 6.92 Å². The quantitative estimate of drug-likeness (QED) is 0.867. The molecule has 2 rings (SSSR count). The molecule has 0 atom stereocenters. The Hall–Kier alpha value is -0.520. The Kier molecular flexibility index (Phi) is 3.89. The number of nitrogens with zero attached hydrogens (tertiary/aromatic N) is 1. The van der Waals surface area contributed by atoms with Crippen LogP contribution in [0.5, 0.6) is 0 Å². The van der Waals surface area contributed by atoms with E-state index in [0.717, 1.165) is 15.9 Å². The first-order valence-corrected chi connectivity index (χ1v) is 7.35. The molecule has 2 aromatic rings. The second kappa shape index (κ2) is 5.21. The highest BCUT2D eigenvalue weighted by Crippen LogP contribution is 2.32. The summed E-state index contributed by atoms with van der Waals surface area (Å²) in [5.41, 5.74) is 7.99. The SMILES string of the molecule is Cc1nc(N)sc1SCc1cccc(Br)c1. The first kappa shape index (κ1) is 12.0. The predicted molar refractivity (Wildman–Crippen MR) is 75.0 cm³/mol. The summed E-state index contributed by atoms with van der Waals surface area (Å²) in [6.45, 7) is 2.00. The van der Waals surface area contributed by atoms with Gasteiger partial charge in [-0.3, -0.25) is 0 Å². The summed E-state index contributed by atoms with van der Waals surface area (Å²) in [5.74, 6) is 0.946. The number of thiazole rings is 1. The number of anilines is 1. The van der Waals surface area contributed by atoms with E-state index in [4.69, 9.17) is 5.73 Å². The van der Waals surface area contributed by atoms with Gasteiger partial charge in [-0.05, 0) is 24.6 Å². The van der Waals surface area contributed by atoms with Crippen molar-refractivity contribution in [3.63, 3.8) is 0 Å². The Labute approximate surface area is 111 Å². The molecule has 0 saturated heterocycles. The van der Waals surface area contributed by atoms with Gasteiger partial charge < -0.3 is 5.73 Å². The normalized spacial score (nSPS) is 10.6. The van der Waals surface area contributed by atoms with Crippen LogP contribution in [-0.4, -0.2) is 4.98 Å². The molecule has 0 aliphatic rings. The zero-order chi connectivity index (χ0) is 11.5. The van der Waals surface area contributed by atoms with E-state index in [0.29, 0.717) is 5.13 Å². The fourth-order valence-corrected chi connectivity index (χ4v) is 3.73. The molecule has 1 aromatic carbocycles. The Balaban J connectivity index is 2.05. The van der Waals surface area contributed by atoms with E-state index in [1.165, 1.54) is 9.77 Å². The van der Waals surface area contributed by atoms with E-state index in [2.05, 4.69) is 33.0 Å². The smallest absolute Gasteiger partial charge is 0.181 e. The van der Waals surface area contributed by atoms with Crippen molar-refractivity contribution in [2.24, 2.45) is 0 Å². The Bertz CT molecular complexity index is 496. The van der Waals surface area contributed by atoms with Crippen LogP contribution >= 0.6 is 39.0 Å². The zero-order valence-corrected chi connectivity index (χ0v) is 12.0. The van der Waals surface area contributed by atoms with Crippen LogP contribution in [0.25, 0.3) is 0 Å². The average Bonchev–Trinajstić information content (AvgIpc) is 2.54. The maximum absolute atomic E-state index is 5.66. The third-order valence-corrected chi connectivity index (χ3v) is 4.94. The van der Waals surface area contributed by atoms with Crippen LogP contribution in [0.2, 0.25) is 0 Å². The fourth-order valence-electron chi connectivity index (χ4n) is 1.31. The number of hydrogen-bond acceptors (Lipinski definition) is 4. The second-order valence-electron chi connectivity index (χ2n) is 3.34. The lowest BCUT2D eigenvalue weighted by molar-refractivity contribution is 1.21.